The van der Waals surface area contributed by atoms with E-state index in [1.807, 2.05) is 6.92 Å². The predicted octanol–water partition coefficient (Wildman–Crippen LogP) is 0.772. The topological polar surface area (TPSA) is 67.4 Å². The van der Waals surface area contributed by atoms with Gasteiger partial charge in [0.05, 0.1) is 7.11 Å². The van der Waals surface area contributed by atoms with Crippen LogP contribution in [0.5, 0.6) is 0 Å². The van der Waals surface area contributed by atoms with E-state index in [0.717, 1.165) is 6.42 Å². The first-order chi connectivity index (χ1) is 6.60. The fourth-order valence-electron chi connectivity index (χ4n) is 0.734. The Bertz CT molecular complexity index is 236. The van der Waals surface area contributed by atoms with E-state index in [4.69, 9.17) is 0 Å². The lowest BCUT2D eigenvalue weighted by atomic mass is 10.4. The molecule has 0 aromatic carbocycles. The van der Waals surface area contributed by atoms with Crippen LogP contribution in [-0.2, 0) is 9.53 Å². The maximum atomic E-state index is 11.1. The highest BCUT2D eigenvalue weighted by atomic mass is 16.5. The van der Waals surface area contributed by atoms with Crippen LogP contribution in [0.15, 0.2) is 11.8 Å². The third kappa shape index (κ3) is 6.05. The molecule has 5 nitrogen and oxygen atoms in total. The molecule has 0 heterocycles. The number of rotatable bonds is 4. The fraction of sp³-hybridized carbons (Fsp3) is 0.556. The van der Waals surface area contributed by atoms with Gasteiger partial charge in [0.1, 0.15) is 0 Å². The zero-order chi connectivity index (χ0) is 11.0. The van der Waals surface area contributed by atoms with Gasteiger partial charge in [0.2, 0.25) is 0 Å². The molecule has 2 N–H and O–H groups in total. The van der Waals surface area contributed by atoms with Crippen LogP contribution in [0.2, 0.25) is 0 Å². The van der Waals surface area contributed by atoms with E-state index >= 15 is 0 Å². The van der Waals surface area contributed by atoms with Gasteiger partial charge in [-0.2, -0.15) is 0 Å². The van der Waals surface area contributed by atoms with Crippen LogP contribution in [-0.4, -0.2) is 25.7 Å². The minimum absolute atomic E-state index is 0.315. The van der Waals surface area contributed by atoms with Crippen molar-refractivity contribution in [2.45, 2.75) is 20.3 Å². The van der Waals surface area contributed by atoms with Gasteiger partial charge in [-0.15, -0.1) is 0 Å². The van der Waals surface area contributed by atoms with Crippen LogP contribution in [0, 0.1) is 0 Å². The van der Waals surface area contributed by atoms with Crippen LogP contribution < -0.4 is 10.6 Å². The maximum Gasteiger partial charge on any atom is 0.332 e. The van der Waals surface area contributed by atoms with Crippen LogP contribution in [0.25, 0.3) is 0 Å². The lowest BCUT2D eigenvalue weighted by Crippen LogP contribution is -2.34. The zero-order valence-corrected chi connectivity index (χ0v) is 8.72. The van der Waals surface area contributed by atoms with Gasteiger partial charge in [-0.3, -0.25) is 0 Å². The number of hydrogen-bond donors (Lipinski definition) is 2. The molecule has 5 heteroatoms. The second-order valence-electron chi connectivity index (χ2n) is 2.73. The fourth-order valence-corrected chi connectivity index (χ4v) is 0.734. The summed E-state index contributed by atoms with van der Waals surface area (Å²) in [6.07, 6.45) is 2.08. The highest BCUT2D eigenvalue weighted by Crippen LogP contribution is 1.88. The van der Waals surface area contributed by atoms with Crippen molar-refractivity contribution in [3.63, 3.8) is 0 Å². The monoisotopic (exact) mass is 200 g/mol. The summed E-state index contributed by atoms with van der Waals surface area (Å²) in [6.45, 7) is 4.18. The third-order valence-electron chi connectivity index (χ3n) is 1.38. The molecule has 0 radical (unpaired) electrons. The molecule has 2 amide bonds. The molecule has 80 valence electrons. The van der Waals surface area contributed by atoms with E-state index in [0.29, 0.717) is 12.2 Å². The van der Waals surface area contributed by atoms with Gasteiger partial charge in [-0.25, -0.2) is 9.59 Å². The lowest BCUT2D eigenvalue weighted by Gasteiger charge is -2.05. The Morgan fingerprint density at radius 1 is 1.43 bits per heavy atom. The molecule has 0 atom stereocenters. The Balaban J connectivity index is 3.92. The predicted molar refractivity (Wildman–Crippen MR) is 52.6 cm³/mol. The van der Waals surface area contributed by atoms with Crippen molar-refractivity contribution in [3.05, 3.63) is 11.8 Å². The largest absolute Gasteiger partial charge is 0.466 e. The SMILES string of the molecule is CCCNC(=O)N/C(C)=C/C(=O)OC. The number of carbonyl (C=O) groups is 2. The Morgan fingerprint density at radius 2 is 2.07 bits per heavy atom. The van der Waals surface area contributed by atoms with Crippen molar-refractivity contribution < 1.29 is 14.3 Å². The Kier molecular flexibility index (Phi) is 6.19. The van der Waals surface area contributed by atoms with Gasteiger partial charge >= 0.3 is 12.0 Å². The molecule has 0 aromatic heterocycles. The smallest absolute Gasteiger partial charge is 0.332 e. The van der Waals surface area contributed by atoms with Crippen molar-refractivity contribution in [1.29, 1.82) is 0 Å². The van der Waals surface area contributed by atoms with Crippen molar-refractivity contribution in [2.24, 2.45) is 0 Å². The van der Waals surface area contributed by atoms with E-state index < -0.39 is 5.97 Å². The minimum Gasteiger partial charge on any atom is -0.466 e. The number of hydrogen-bond acceptors (Lipinski definition) is 3. The molecule has 0 unspecified atom stereocenters. The third-order valence-corrected chi connectivity index (χ3v) is 1.38. The molecule has 0 saturated carbocycles. The molecule has 0 saturated heterocycles. The molecule has 0 aliphatic heterocycles. The Hall–Kier alpha value is -1.52. The number of methoxy groups -OCH3 is 1. The number of nitrogens with one attached hydrogen (secondary N) is 2. The summed E-state index contributed by atoms with van der Waals surface area (Å²) in [5.74, 6) is -0.488. The Labute approximate surface area is 83.5 Å². The average Bonchev–Trinajstić information content (AvgIpc) is 2.14. The first-order valence-electron chi connectivity index (χ1n) is 4.41. The molecule has 0 spiro atoms. The first-order valence-corrected chi connectivity index (χ1v) is 4.41. The van der Waals surface area contributed by atoms with Crippen LogP contribution in [0.1, 0.15) is 20.3 Å². The van der Waals surface area contributed by atoms with Gasteiger partial charge in [-0.1, -0.05) is 6.92 Å². The number of carbonyl (C=O) groups excluding carboxylic acids is 2. The molecule has 0 rings (SSSR count). The van der Waals surface area contributed by atoms with Crippen LogP contribution in [0.3, 0.4) is 0 Å². The van der Waals surface area contributed by atoms with Gasteiger partial charge < -0.3 is 15.4 Å². The molecule has 0 bridgehead atoms. The molecule has 0 aromatic rings. The van der Waals surface area contributed by atoms with E-state index in [-0.39, 0.29) is 6.03 Å². The summed E-state index contributed by atoms with van der Waals surface area (Å²) in [7, 11) is 1.28. The summed E-state index contributed by atoms with van der Waals surface area (Å²) in [6, 6.07) is -0.315. The summed E-state index contributed by atoms with van der Waals surface area (Å²) in [5.41, 5.74) is 0.449. The maximum absolute atomic E-state index is 11.1. The van der Waals surface area contributed by atoms with Crippen molar-refractivity contribution >= 4 is 12.0 Å². The van der Waals surface area contributed by atoms with Crippen molar-refractivity contribution in [2.75, 3.05) is 13.7 Å². The number of ether oxygens (including phenoxy) is 1. The van der Waals surface area contributed by atoms with Gasteiger partial charge in [0.15, 0.2) is 0 Å². The standard InChI is InChI=1S/C9H16N2O3/c1-4-5-10-9(13)11-7(2)6-8(12)14-3/h6H,4-5H2,1-3H3,(H2,10,11,13)/b7-6+. The highest BCUT2D eigenvalue weighted by Gasteiger charge is 2.01. The molecular formula is C9H16N2O3. The number of amides is 2. The molecule has 14 heavy (non-hydrogen) atoms. The van der Waals surface area contributed by atoms with Crippen LogP contribution in [0.4, 0.5) is 4.79 Å². The summed E-state index contributed by atoms with van der Waals surface area (Å²) < 4.78 is 4.40. The van der Waals surface area contributed by atoms with E-state index in [1.165, 1.54) is 13.2 Å². The normalized spacial score (nSPS) is 10.6. The molecule has 0 aliphatic carbocycles. The number of urea groups is 1. The molecule has 0 fully saturated rings. The van der Waals surface area contributed by atoms with Gasteiger partial charge in [-0.05, 0) is 13.3 Å². The number of allylic oxidation sites excluding steroid dienone is 1. The average molecular weight is 200 g/mol. The summed E-state index contributed by atoms with van der Waals surface area (Å²) in [4.78, 5) is 21.8. The second kappa shape index (κ2) is 6.94. The molecule has 0 aliphatic rings. The Morgan fingerprint density at radius 3 is 2.57 bits per heavy atom. The van der Waals surface area contributed by atoms with Gasteiger partial charge in [0, 0.05) is 18.3 Å². The highest BCUT2D eigenvalue weighted by molar-refractivity contribution is 5.84. The van der Waals surface area contributed by atoms with Crippen LogP contribution >= 0.6 is 0 Å². The zero-order valence-electron chi connectivity index (χ0n) is 8.72. The van der Waals surface area contributed by atoms with Crippen molar-refractivity contribution in [3.8, 4) is 0 Å². The lowest BCUT2D eigenvalue weighted by molar-refractivity contribution is -0.134. The summed E-state index contributed by atoms with van der Waals surface area (Å²) in [5, 5.41) is 5.10. The quantitative estimate of drug-likeness (QED) is 0.520. The number of esters is 1. The minimum atomic E-state index is -0.488. The second-order valence-corrected chi connectivity index (χ2v) is 2.73. The van der Waals surface area contributed by atoms with Crippen molar-refractivity contribution in [1.82, 2.24) is 10.6 Å². The first kappa shape index (κ1) is 12.5. The summed E-state index contributed by atoms with van der Waals surface area (Å²) >= 11 is 0. The van der Waals surface area contributed by atoms with E-state index in [9.17, 15) is 9.59 Å². The van der Waals surface area contributed by atoms with E-state index in [2.05, 4.69) is 15.4 Å². The van der Waals surface area contributed by atoms with E-state index in [1.54, 1.807) is 6.92 Å². The molecular weight excluding hydrogens is 184 g/mol. The van der Waals surface area contributed by atoms with Gasteiger partial charge in [0.25, 0.3) is 0 Å².